The monoisotopic (exact) mass is 401 g/mol. The van der Waals surface area contributed by atoms with Gasteiger partial charge in [0.15, 0.2) is 0 Å². The summed E-state index contributed by atoms with van der Waals surface area (Å²) in [5.41, 5.74) is 0.0510. The largest absolute Gasteiger partial charge is 0.465 e. The van der Waals surface area contributed by atoms with E-state index in [2.05, 4.69) is 5.32 Å². The van der Waals surface area contributed by atoms with Crippen LogP contribution in [0, 0.1) is 0 Å². The second-order valence-corrected chi connectivity index (χ2v) is 7.37. The Morgan fingerprint density at radius 1 is 0.923 bits per heavy atom. The SMILES string of the molecule is CC(=O)OCCSSCCOC(=O)NC(=O)c1ccccc1OC(C)=O. The van der Waals surface area contributed by atoms with Crippen LogP contribution in [-0.2, 0) is 19.1 Å². The maximum atomic E-state index is 12.1. The number of carbonyl (C=O) groups is 4. The highest BCUT2D eigenvalue weighted by molar-refractivity contribution is 8.76. The first-order valence-corrected chi connectivity index (χ1v) is 10.0. The fourth-order valence-corrected chi connectivity index (χ4v) is 3.25. The third kappa shape index (κ3) is 9.33. The molecule has 0 aromatic heterocycles. The average molecular weight is 401 g/mol. The van der Waals surface area contributed by atoms with E-state index in [1.807, 2.05) is 0 Å². The van der Waals surface area contributed by atoms with E-state index in [1.54, 1.807) is 12.1 Å². The van der Waals surface area contributed by atoms with Gasteiger partial charge < -0.3 is 14.2 Å². The van der Waals surface area contributed by atoms with Crippen molar-refractivity contribution in [2.24, 2.45) is 0 Å². The Morgan fingerprint density at radius 2 is 1.54 bits per heavy atom. The highest BCUT2D eigenvalue weighted by atomic mass is 33.1. The highest BCUT2D eigenvalue weighted by Gasteiger charge is 2.16. The summed E-state index contributed by atoms with van der Waals surface area (Å²) in [6.45, 7) is 2.99. The van der Waals surface area contributed by atoms with Crippen LogP contribution in [0.15, 0.2) is 24.3 Å². The number of para-hydroxylation sites is 1. The van der Waals surface area contributed by atoms with Crippen LogP contribution in [-0.4, -0.2) is 48.7 Å². The number of amides is 2. The lowest BCUT2D eigenvalue weighted by molar-refractivity contribution is -0.140. The molecule has 0 aliphatic rings. The van der Waals surface area contributed by atoms with Crippen LogP contribution in [0.3, 0.4) is 0 Å². The molecule has 0 unspecified atom stereocenters. The number of imide groups is 1. The summed E-state index contributed by atoms with van der Waals surface area (Å²) >= 11 is 0. The lowest BCUT2D eigenvalue weighted by Crippen LogP contribution is -2.32. The van der Waals surface area contributed by atoms with Crippen molar-refractivity contribution < 1.29 is 33.4 Å². The molecule has 26 heavy (non-hydrogen) atoms. The molecule has 142 valence electrons. The number of hydrogen-bond donors (Lipinski definition) is 1. The zero-order valence-corrected chi connectivity index (χ0v) is 15.9. The molecule has 2 amide bonds. The van der Waals surface area contributed by atoms with Crippen LogP contribution >= 0.6 is 21.6 Å². The number of carbonyl (C=O) groups excluding carboxylic acids is 4. The van der Waals surface area contributed by atoms with Crippen molar-refractivity contribution in [2.45, 2.75) is 13.8 Å². The second-order valence-electron chi connectivity index (χ2n) is 4.66. The van der Waals surface area contributed by atoms with E-state index >= 15 is 0 Å². The minimum atomic E-state index is -0.891. The molecule has 0 bridgehead atoms. The molecule has 0 saturated carbocycles. The average Bonchev–Trinajstić information content (AvgIpc) is 2.56. The van der Waals surface area contributed by atoms with Gasteiger partial charge >= 0.3 is 18.0 Å². The fourth-order valence-electron chi connectivity index (χ4n) is 1.60. The number of alkyl carbamates (subject to hydrolysis) is 1. The molecule has 0 aliphatic heterocycles. The van der Waals surface area contributed by atoms with Crippen LogP contribution in [0.25, 0.3) is 0 Å². The number of hydrogen-bond acceptors (Lipinski definition) is 9. The molecule has 10 heteroatoms. The van der Waals surface area contributed by atoms with Crippen LogP contribution in [0.4, 0.5) is 4.79 Å². The standard InChI is InChI=1S/C16H19NO7S2/c1-11(18)22-7-9-25-26-10-8-23-16(21)17-15(20)13-5-3-4-6-14(13)24-12(2)19/h3-6H,7-10H2,1-2H3,(H,17,20,21). The van der Waals surface area contributed by atoms with Crippen LogP contribution in [0.2, 0.25) is 0 Å². The predicted molar refractivity (Wildman–Crippen MR) is 98.1 cm³/mol. The Morgan fingerprint density at radius 3 is 2.15 bits per heavy atom. The molecule has 0 fully saturated rings. The van der Waals surface area contributed by atoms with Gasteiger partial charge in [-0.15, -0.1) is 0 Å². The van der Waals surface area contributed by atoms with Gasteiger partial charge in [-0.2, -0.15) is 0 Å². The summed E-state index contributed by atoms with van der Waals surface area (Å²) < 4.78 is 14.6. The zero-order chi connectivity index (χ0) is 19.4. The molecule has 0 radical (unpaired) electrons. The van der Waals surface area contributed by atoms with Crippen molar-refractivity contribution in [1.82, 2.24) is 5.32 Å². The molecule has 0 saturated heterocycles. The molecule has 8 nitrogen and oxygen atoms in total. The Kier molecular flexibility index (Phi) is 10.3. The van der Waals surface area contributed by atoms with Gasteiger partial charge in [-0.25, -0.2) is 4.79 Å². The fraction of sp³-hybridized carbons (Fsp3) is 0.375. The molecular formula is C16H19NO7S2. The number of benzene rings is 1. The van der Waals surface area contributed by atoms with Crippen molar-refractivity contribution >= 4 is 45.5 Å². The van der Waals surface area contributed by atoms with Crippen molar-refractivity contribution in [1.29, 1.82) is 0 Å². The van der Waals surface area contributed by atoms with Gasteiger partial charge in [0.05, 0.1) is 5.56 Å². The maximum absolute atomic E-state index is 12.1. The van der Waals surface area contributed by atoms with Gasteiger partial charge in [0.2, 0.25) is 0 Å². The first-order chi connectivity index (χ1) is 12.4. The molecule has 0 spiro atoms. The summed E-state index contributed by atoms with van der Waals surface area (Å²) in [6.07, 6.45) is -0.891. The molecule has 0 heterocycles. The van der Waals surface area contributed by atoms with Gasteiger partial charge in [-0.1, -0.05) is 33.7 Å². The second kappa shape index (κ2) is 12.2. The van der Waals surface area contributed by atoms with Gasteiger partial charge in [0.25, 0.3) is 5.91 Å². The first-order valence-electron chi connectivity index (χ1n) is 7.53. The van der Waals surface area contributed by atoms with Crippen LogP contribution in [0.5, 0.6) is 5.75 Å². The lowest BCUT2D eigenvalue weighted by Gasteiger charge is -2.09. The molecule has 0 atom stereocenters. The Balaban J connectivity index is 2.28. The van der Waals surface area contributed by atoms with E-state index in [0.29, 0.717) is 18.1 Å². The highest BCUT2D eigenvalue weighted by Crippen LogP contribution is 2.20. The Labute approximate surface area is 158 Å². The van der Waals surface area contributed by atoms with Crippen molar-refractivity contribution in [3.63, 3.8) is 0 Å². The number of esters is 2. The summed E-state index contributed by atoms with van der Waals surface area (Å²) in [4.78, 5) is 45.3. The Bertz CT molecular complexity index is 651. The molecular weight excluding hydrogens is 382 g/mol. The van der Waals surface area contributed by atoms with E-state index in [9.17, 15) is 19.2 Å². The number of nitrogens with one attached hydrogen (secondary N) is 1. The van der Waals surface area contributed by atoms with E-state index in [-0.39, 0.29) is 23.9 Å². The Hall–Kier alpha value is -2.20. The summed E-state index contributed by atoms with van der Waals surface area (Å²) in [6, 6.07) is 6.06. The third-order valence-corrected chi connectivity index (χ3v) is 4.89. The maximum Gasteiger partial charge on any atom is 0.414 e. The number of ether oxygens (including phenoxy) is 3. The van der Waals surface area contributed by atoms with Gasteiger partial charge in [-0.3, -0.25) is 19.7 Å². The number of rotatable bonds is 9. The molecule has 1 N–H and O–H groups in total. The van der Waals surface area contributed by atoms with Gasteiger partial charge in [-0.05, 0) is 12.1 Å². The normalized spacial score (nSPS) is 9.92. The smallest absolute Gasteiger partial charge is 0.414 e. The quantitative estimate of drug-likeness (QED) is 0.289. The summed E-state index contributed by atoms with van der Waals surface area (Å²) in [5.74, 6) is -0.426. The van der Waals surface area contributed by atoms with Crippen molar-refractivity contribution in [3.05, 3.63) is 29.8 Å². The van der Waals surface area contributed by atoms with E-state index in [1.165, 1.54) is 47.6 Å². The van der Waals surface area contributed by atoms with E-state index < -0.39 is 18.0 Å². The van der Waals surface area contributed by atoms with Gasteiger partial charge in [0.1, 0.15) is 19.0 Å². The molecule has 0 aliphatic carbocycles. The van der Waals surface area contributed by atoms with Crippen LogP contribution in [0.1, 0.15) is 24.2 Å². The minimum Gasteiger partial charge on any atom is -0.465 e. The van der Waals surface area contributed by atoms with Crippen molar-refractivity contribution in [2.75, 3.05) is 24.7 Å². The van der Waals surface area contributed by atoms with Crippen molar-refractivity contribution in [3.8, 4) is 5.75 Å². The molecule has 1 aromatic carbocycles. The molecule has 1 rings (SSSR count). The van der Waals surface area contributed by atoms with Crippen LogP contribution < -0.4 is 10.1 Å². The molecule has 1 aromatic rings. The van der Waals surface area contributed by atoms with E-state index in [4.69, 9.17) is 14.2 Å². The predicted octanol–water partition coefficient (Wildman–Crippen LogP) is 2.42. The van der Waals surface area contributed by atoms with Gasteiger partial charge in [0, 0.05) is 25.4 Å². The topological polar surface area (TPSA) is 108 Å². The van der Waals surface area contributed by atoms with E-state index in [0.717, 1.165) is 0 Å². The minimum absolute atomic E-state index is 0.0510. The summed E-state index contributed by atoms with van der Waals surface area (Å²) in [5, 5.41) is 2.07. The summed E-state index contributed by atoms with van der Waals surface area (Å²) in [7, 11) is 2.93. The lowest BCUT2D eigenvalue weighted by atomic mass is 10.2. The first kappa shape index (κ1) is 21.8. The third-order valence-electron chi connectivity index (χ3n) is 2.56. The zero-order valence-electron chi connectivity index (χ0n) is 14.3.